The van der Waals surface area contributed by atoms with Crippen LogP contribution in [0.2, 0.25) is 0 Å². The molecular weight excluding hydrogens is 565 g/mol. The molecule has 0 unspecified atom stereocenters. The lowest BCUT2D eigenvalue weighted by atomic mass is 9.81. The lowest BCUT2D eigenvalue weighted by molar-refractivity contribution is 0.487. The summed E-state index contributed by atoms with van der Waals surface area (Å²) < 4.78 is 9.26. The maximum atomic E-state index is 6.60. The van der Waals surface area contributed by atoms with Crippen molar-refractivity contribution in [1.82, 2.24) is 0 Å². The monoisotopic (exact) mass is 592 g/mol. The third kappa shape index (κ3) is 3.49. The minimum atomic E-state index is -0.0293. The normalized spacial score (nSPS) is 13.9. The van der Waals surface area contributed by atoms with E-state index in [1.165, 1.54) is 81.0 Å². The van der Waals surface area contributed by atoms with Crippen molar-refractivity contribution in [2.75, 3.05) is 0 Å². The molecule has 7 aromatic carbocycles. The van der Waals surface area contributed by atoms with Gasteiger partial charge in [0, 0.05) is 36.5 Å². The van der Waals surface area contributed by atoms with Crippen LogP contribution in [0.3, 0.4) is 0 Å². The fourth-order valence-electron chi connectivity index (χ4n) is 7.84. The van der Waals surface area contributed by atoms with E-state index in [9.17, 15) is 0 Å². The Hall–Kier alpha value is -5.18. The number of hydrogen-bond acceptors (Lipinski definition) is 2. The average molecular weight is 593 g/mol. The molecule has 0 N–H and O–H groups in total. The third-order valence-corrected chi connectivity index (χ3v) is 11.2. The molecule has 8 aromatic rings. The van der Waals surface area contributed by atoms with Crippen molar-refractivity contribution in [2.24, 2.45) is 0 Å². The molecule has 1 aliphatic carbocycles. The minimum absolute atomic E-state index is 0.0293. The SMILES string of the molecule is CC1(C)c2ccccc2-c2ccc(-c3ccc4c(c3)-c3cccc5c(-c6ccc7sc8ccccc8c7c6)ccc(c35)O4)cc21. The second-order valence-electron chi connectivity index (χ2n) is 12.9. The van der Waals surface area contributed by atoms with E-state index < -0.39 is 0 Å². The average Bonchev–Trinajstić information content (AvgIpc) is 3.56. The Labute approximate surface area is 266 Å². The molecule has 2 aliphatic rings. The quantitative estimate of drug-likeness (QED) is 0.194. The first-order valence-corrected chi connectivity index (χ1v) is 16.4. The van der Waals surface area contributed by atoms with Crippen LogP contribution in [0, 0.1) is 0 Å². The van der Waals surface area contributed by atoms with Crippen molar-refractivity contribution in [1.29, 1.82) is 0 Å². The van der Waals surface area contributed by atoms with E-state index in [1.54, 1.807) is 0 Å². The fourth-order valence-corrected chi connectivity index (χ4v) is 8.93. The van der Waals surface area contributed by atoms with Crippen LogP contribution in [-0.4, -0.2) is 0 Å². The van der Waals surface area contributed by atoms with Crippen LogP contribution >= 0.6 is 11.3 Å². The fraction of sp³-hybridized carbons (Fsp3) is 0.0698. The third-order valence-electron chi connectivity index (χ3n) is 10.1. The summed E-state index contributed by atoms with van der Waals surface area (Å²) in [5.74, 6) is 1.83. The van der Waals surface area contributed by atoms with Gasteiger partial charge >= 0.3 is 0 Å². The maximum absolute atomic E-state index is 6.60. The van der Waals surface area contributed by atoms with Gasteiger partial charge in [-0.15, -0.1) is 11.3 Å². The van der Waals surface area contributed by atoms with Crippen molar-refractivity contribution < 1.29 is 4.74 Å². The summed E-state index contributed by atoms with van der Waals surface area (Å²) in [5.41, 5.74) is 12.7. The van der Waals surface area contributed by atoms with Crippen molar-refractivity contribution >= 4 is 42.3 Å². The lowest BCUT2D eigenvalue weighted by Gasteiger charge is -2.24. The van der Waals surface area contributed by atoms with E-state index in [2.05, 4.69) is 147 Å². The van der Waals surface area contributed by atoms with Gasteiger partial charge in [-0.3, -0.25) is 0 Å². The van der Waals surface area contributed by atoms with Gasteiger partial charge in [0.05, 0.1) is 0 Å². The standard InChI is InChI=1S/C43H28OS/c1-43(2)36-12-5-3-8-29(36)30-17-14-26(24-37(30)43)25-15-19-38-34(22-25)33-11-7-10-32-28(18-20-39(44-38)42(32)33)27-16-21-41-35(23-27)31-9-4-6-13-40(31)45-41/h3-24H,1-2H3. The molecular formula is C43H28OS. The van der Waals surface area contributed by atoms with E-state index >= 15 is 0 Å². The maximum Gasteiger partial charge on any atom is 0.135 e. The lowest BCUT2D eigenvalue weighted by Crippen LogP contribution is -2.14. The van der Waals surface area contributed by atoms with Gasteiger partial charge in [-0.1, -0.05) is 105 Å². The summed E-state index contributed by atoms with van der Waals surface area (Å²) in [6.45, 7) is 4.69. The number of rotatable bonds is 2. The van der Waals surface area contributed by atoms with Gasteiger partial charge in [0.15, 0.2) is 0 Å². The molecule has 0 saturated heterocycles. The van der Waals surface area contributed by atoms with Crippen molar-refractivity contribution in [2.45, 2.75) is 19.3 Å². The Kier molecular flexibility index (Phi) is 5.00. The highest BCUT2D eigenvalue weighted by Crippen LogP contribution is 2.52. The van der Waals surface area contributed by atoms with Gasteiger partial charge in [-0.25, -0.2) is 0 Å². The van der Waals surface area contributed by atoms with Crippen LogP contribution in [0.1, 0.15) is 25.0 Å². The van der Waals surface area contributed by atoms with Gasteiger partial charge in [0.25, 0.3) is 0 Å². The van der Waals surface area contributed by atoms with E-state index in [-0.39, 0.29) is 5.41 Å². The second kappa shape index (κ2) is 8.94. The zero-order valence-corrected chi connectivity index (χ0v) is 25.8. The highest BCUT2D eigenvalue weighted by atomic mass is 32.1. The summed E-state index contributed by atoms with van der Waals surface area (Å²) in [7, 11) is 0. The van der Waals surface area contributed by atoms with Crippen molar-refractivity contribution in [3.8, 4) is 56.0 Å². The van der Waals surface area contributed by atoms with Crippen molar-refractivity contribution in [3.05, 3.63) is 145 Å². The van der Waals surface area contributed by atoms with Gasteiger partial charge in [0.1, 0.15) is 11.5 Å². The summed E-state index contributed by atoms with van der Waals surface area (Å²) >= 11 is 1.86. The largest absolute Gasteiger partial charge is 0.456 e. The molecule has 0 spiro atoms. The first kappa shape index (κ1) is 25.2. The number of hydrogen-bond donors (Lipinski definition) is 0. The molecule has 0 saturated carbocycles. The number of fused-ring (bicyclic) bond motifs is 8. The Morgan fingerprint density at radius 3 is 2.09 bits per heavy atom. The van der Waals surface area contributed by atoms with E-state index in [1.807, 2.05) is 11.3 Å². The molecule has 45 heavy (non-hydrogen) atoms. The predicted molar refractivity (Wildman–Crippen MR) is 191 cm³/mol. The highest BCUT2D eigenvalue weighted by Gasteiger charge is 2.35. The molecule has 0 fully saturated rings. The topological polar surface area (TPSA) is 9.23 Å². The predicted octanol–water partition coefficient (Wildman–Crippen LogP) is 12.6. The van der Waals surface area contributed by atoms with Gasteiger partial charge in [-0.05, 0) is 97.9 Å². The first-order chi connectivity index (χ1) is 22.0. The van der Waals surface area contributed by atoms with Crippen LogP contribution in [-0.2, 0) is 5.41 Å². The van der Waals surface area contributed by atoms with Crippen molar-refractivity contribution in [3.63, 3.8) is 0 Å². The Balaban J connectivity index is 1.11. The van der Waals surface area contributed by atoms with Gasteiger partial charge in [-0.2, -0.15) is 0 Å². The molecule has 212 valence electrons. The summed E-state index contributed by atoms with van der Waals surface area (Å²) in [6.07, 6.45) is 0. The van der Waals surface area contributed by atoms with Gasteiger partial charge in [0.2, 0.25) is 0 Å². The molecule has 10 rings (SSSR count). The van der Waals surface area contributed by atoms with Gasteiger partial charge < -0.3 is 4.74 Å². The second-order valence-corrected chi connectivity index (χ2v) is 14.0. The summed E-state index contributed by atoms with van der Waals surface area (Å²) in [6, 6.07) is 49.2. The molecule has 0 atom stereocenters. The zero-order chi connectivity index (χ0) is 29.9. The Bertz CT molecular complexity index is 2550. The van der Waals surface area contributed by atoms with E-state index in [0.717, 1.165) is 17.1 Å². The smallest absolute Gasteiger partial charge is 0.135 e. The van der Waals surface area contributed by atoms with Crippen LogP contribution in [0.25, 0.3) is 75.5 Å². The van der Waals surface area contributed by atoms with E-state index in [4.69, 9.17) is 4.74 Å². The molecule has 2 heteroatoms. The molecule has 1 aliphatic heterocycles. The number of thiophene rings is 1. The summed E-state index contributed by atoms with van der Waals surface area (Å²) in [4.78, 5) is 0. The zero-order valence-electron chi connectivity index (χ0n) is 25.0. The number of ether oxygens (including phenoxy) is 1. The van der Waals surface area contributed by atoms with Crippen LogP contribution in [0.4, 0.5) is 0 Å². The minimum Gasteiger partial charge on any atom is -0.456 e. The molecule has 1 aromatic heterocycles. The molecule has 0 bridgehead atoms. The van der Waals surface area contributed by atoms with E-state index in [0.29, 0.717) is 0 Å². The Morgan fingerprint density at radius 2 is 1.13 bits per heavy atom. The molecule has 2 heterocycles. The van der Waals surface area contributed by atoms with Crippen LogP contribution in [0.15, 0.2) is 133 Å². The molecule has 0 amide bonds. The first-order valence-electron chi connectivity index (χ1n) is 15.6. The van der Waals surface area contributed by atoms with Crippen LogP contribution in [0.5, 0.6) is 11.5 Å². The molecule has 0 radical (unpaired) electrons. The van der Waals surface area contributed by atoms with Crippen LogP contribution < -0.4 is 4.74 Å². The highest BCUT2D eigenvalue weighted by molar-refractivity contribution is 7.25. The summed E-state index contributed by atoms with van der Waals surface area (Å²) in [5, 5.41) is 5.04. The molecule has 1 nitrogen and oxygen atoms in total. The number of benzene rings is 7. The Morgan fingerprint density at radius 1 is 0.444 bits per heavy atom.